The second kappa shape index (κ2) is 1.87. The normalized spacial score (nSPS) is 14.2. The van der Waals surface area contributed by atoms with Crippen LogP contribution >= 0.6 is 0 Å². The second-order valence-corrected chi connectivity index (χ2v) is 2.78. The van der Waals surface area contributed by atoms with Crippen LogP contribution in [0.2, 0.25) is 0 Å². The summed E-state index contributed by atoms with van der Waals surface area (Å²) in [5.74, 6) is 0.540. The summed E-state index contributed by atoms with van der Waals surface area (Å²) in [5.41, 5.74) is 6.37. The summed E-state index contributed by atoms with van der Waals surface area (Å²) < 4.78 is 15.5. The number of carbonyl (C=O) groups is 1. The Morgan fingerprint density at radius 3 is 2.92 bits per heavy atom. The fourth-order valence-electron chi connectivity index (χ4n) is 1.48. The molecule has 0 saturated carbocycles. The second-order valence-electron chi connectivity index (χ2n) is 2.78. The predicted molar refractivity (Wildman–Crippen MR) is 42.0 cm³/mol. The van der Waals surface area contributed by atoms with Crippen molar-refractivity contribution in [3.05, 3.63) is 11.6 Å². The largest absolute Gasteiger partial charge is 0.449 e. The quantitative estimate of drug-likeness (QED) is 0.699. The van der Waals surface area contributed by atoms with Gasteiger partial charge in [-0.3, -0.25) is 4.79 Å². The molecule has 5 nitrogen and oxygen atoms in total. The number of hydrogen-bond acceptors (Lipinski definition) is 4. The maximum absolute atomic E-state index is 10.9. The van der Waals surface area contributed by atoms with Crippen LogP contribution in [0, 0.1) is 0 Å². The van der Waals surface area contributed by atoms with Gasteiger partial charge in [-0.15, -0.1) is 0 Å². The molecule has 2 aromatic heterocycles. The van der Waals surface area contributed by atoms with E-state index in [0.29, 0.717) is 28.2 Å². The molecule has 0 aromatic carbocycles. The molecule has 5 heteroatoms. The van der Waals surface area contributed by atoms with Gasteiger partial charge in [-0.2, -0.15) is 0 Å². The summed E-state index contributed by atoms with van der Waals surface area (Å²) in [6, 6.07) is 1.56. The van der Waals surface area contributed by atoms with E-state index in [2.05, 4.69) is 0 Å². The van der Waals surface area contributed by atoms with Crippen LogP contribution in [-0.4, -0.2) is 12.7 Å². The van der Waals surface area contributed by atoms with Crippen LogP contribution in [-0.2, 0) is 0 Å². The topological polar surface area (TPSA) is 74.7 Å². The fraction of sp³-hybridized carbons (Fsp3) is 0.125. The average molecular weight is 179 g/mol. The van der Waals surface area contributed by atoms with E-state index in [9.17, 15) is 4.79 Å². The SMILES string of the molecule is NC(=O)c1cc2oc1c1c2OCO1. The van der Waals surface area contributed by atoms with Gasteiger partial charge in [0.15, 0.2) is 11.2 Å². The van der Waals surface area contributed by atoms with Crippen molar-refractivity contribution in [3.8, 4) is 11.5 Å². The Morgan fingerprint density at radius 1 is 1.38 bits per heavy atom. The minimum atomic E-state index is -0.521. The molecule has 0 unspecified atom stereocenters. The van der Waals surface area contributed by atoms with Crippen molar-refractivity contribution in [2.24, 2.45) is 5.73 Å². The van der Waals surface area contributed by atoms with Crippen LogP contribution in [0.3, 0.4) is 0 Å². The molecule has 3 heterocycles. The number of fused-ring (bicyclic) bond motifs is 5. The number of furan rings is 2. The molecule has 0 atom stereocenters. The molecule has 0 saturated heterocycles. The highest BCUT2D eigenvalue weighted by molar-refractivity contribution is 6.05. The van der Waals surface area contributed by atoms with Crippen LogP contribution in [0.1, 0.15) is 10.4 Å². The number of primary amides is 1. The van der Waals surface area contributed by atoms with Crippen LogP contribution < -0.4 is 15.2 Å². The van der Waals surface area contributed by atoms with Gasteiger partial charge < -0.3 is 19.6 Å². The van der Waals surface area contributed by atoms with Gasteiger partial charge in [0.1, 0.15) is 0 Å². The van der Waals surface area contributed by atoms with E-state index in [-0.39, 0.29) is 6.79 Å². The Labute approximate surface area is 72.3 Å². The summed E-state index contributed by atoms with van der Waals surface area (Å²) in [6.07, 6.45) is 0. The molecule has 1 aliphatic heterocycles. The highest BCUT2D eigenvalue weighted by Gasteiger charge is 2.29. The molecule has 66 valence electrons. The zero-order valence-corrected chi connectivity index (χ0v) is 6.49. The molecule has 13 heavy (non-hydrogen) atoms. The van der Waals surface area contributed by atoms with Crippen molar-refractivity contribution in [1.82, 2.24) is 0 Å². The number of carbonyl (C=O) groups excluding carboxylic acids is 1. The van der Waals surface area contributed by atoms with E-state index in [0.717, 1.165) is 0 Å². The van der Waals surface area contributed by atoms with Gasteiger partial charge in [-0.05, 0) is 0 Å². The van der Waals surface area contributed by atoms with Crippen LogP contribution in [0.5, 0.6) is 11.5 Å². The van der Waals surface area contributed by atoms with E-state index in [1.807, 2.05) is 0 Å². The summed E-state index contributed by atoms with van der Waals surface area (Å²) >= 11 is 0. The molecule has 0 fully saturated rings. The Balaban J connectivity index is 2.34. The summed E-state index contributed by atoms with van der Waals surface area (Å²) in [5, 5.41) is 0. The van der Waals surface area contributed by atoms with Gasteiger partial charge in [-0.1, -0.05) is 0 Å². The van der Waals surface area contributed by atoms with Crippen molar-refractivity contribution >= 4 is 17.1 Å². The van der Waals surface area contributed by atoms with Crippen LogP contribution in [0.15, 0.2) is 10.5 Å². The summed E-state index contributed by atoms with van der Waals surface area (Å²) in [4.78, 5) is 10.9. The van der Waals surface area contributed by atoms with Crippen molar-refractivity contribution in [3.63, 3.8) is 0 Å². The maximum atomic E-state index is 10.9. The molecule has 2 N–H and O–H groups in total. The van der Waals surface area contributed by atoms with E-state index >= 15 is 0 Å². The van der Waals surface area contributed by atoms with Crippen LogP contribution in [0.4, 0.5) is 0 Å². The third-order valence-electron chi connectivity index (χ3n) is 2.04. The predicted octanol–water partition coefficient (Wildman–Crippen LogP) is 0.698. The lowest BCUT2D eigenvalue weighted by atomic mass is 10.2. The number of nitrogens with two attached hydrogens (primary N) is 1. The van der Waals surface area contributed by atoms with Gasteiger partial charge in [0.25, 0.3) is 5.91 Å². The highest BCUT2D eigenvalue weighted by atomic mass is 16.7. The monoisotopic (exact) mass is 179 g/mol. The van der Waals surface area contributed by atoms with E-state index in [4.69, 9.17) is 19.6 Å². The number of rotatable bonds is 1. The lowest BCUT2D eigenvalue weighted by Gasteiger charge is -1.92. The van der Waals surface area contributed by atoms with Crippen molar-refractivity contribution < 1.29 is 18.7 Å². The Bertz CT molecular complexity index is 487. The highest BCUT2D eigenvalue weighted by Crippen LogP contribution is 2.47. The Morgan fingerprint density at radius 2 is 2.15 bits per heavy atom. The van der Waals surface area contributed by atoms with Gasteiger partial charge in [0.2, 0.25) is 18.3 Å². The first-order chi connectivity index (χ1) is 6.27. The van der Waals surface area contributed by atoms with Crippen molar-refractivity contribution in [1.29, 1.82) is 0 Å². The smallest absolute Gasteiger partial charge is 0.252 e. The first kappa shape index (κ1) is 6.59. The van der Waals surface area contributed by atoms with E-state index in [1.165, 1.54) is 0 Å². The molecular formula is C8H5NO4. The van der Waals surface area contributed by atoms with Crippen LogP contribution in [0.25, 0.3) is 11.2 Å². The molecular weight excluding hydrogens is 174 g/mol. The summed E-state index contributed by atoms with van der Waals surface area (Å²) in [6.45, 7) is 0.168. The Hall–Kier alpha value is -1.91. The minimum Gasteiger partial charge on any atom is -0.449 e. The molecule has 1 aliphatic rings. The zero-order chi connectivity index (χ0) is 9.00. The zero-order valence-electron chi connectivity index (χ0n) is 6.49. The standard InChI is InChI=1S/C8H5NO4/c9-8(10)3-1-4-6-7(5(3)13-4)12-2-11-6/h1H,2H2,(H2,9,10). The number of hydrogen-bond donors (Lipinski definition) is 1. The Kier molecular flexibility index (Phi) is 0.950. The fourth-order valence-corrected chi connectivity index (χ4v) is 1.48. The van der Waals surface area contributed by atoms with Crippen molar-refractivity contribution in [2.45, 2.75) is 0 Å². The van der Waals surface area contributed by atoms with Gasteiger partial charge >= 0.3 is 0 Å². The lowest BCUT2D eigenvalue weighted by Crippen LogP contribution is -2.10. The van der Waals surface area contributed by atoms with Gasteiger partial charge in [-0.25, -0.2) is 0 Å². The molecule has 2 aromatic rings. The lowest BCUT2D eigenvalue weighted by molar-refractivity contribution is 0.100. The third kappa shape index (κ3) is 0.641. The molecule has 2 bridgehead atoms. The van der Waals surface area contributed by atoms with E-state index in [1.54, 1.807) is 6.07 Å². The first-order valence-corrected chi connectivity index (χ1v) is 3.71. The molecule has 1 amide bonds. The average Bonchev–Trinajstić information content (AvgIpc) is 2.75. The molecule has 0 aliphatic carbocycles. The maximum Gasteiger partial charge on any atom is 0.252 e. The van der Waals surface area contributed by atoms with Crippen molar-refractivity contribution in [2.75, 3.05) is 6.79 Å². The molecule has 3 rings (SSSR count). The first-order valence-electron chi connectivity index (χ1n) is 3.71. The number of amides is 1. The van der Waals surface area contributed by atoms with Gasteiger partial charge in [0.05, 0.1) is 5.56 Å². The van der Waals surface area contributed by atoms with E-state index < -0.39 is 5.91 Å². The number of ether oxygens (including phenoxy) is 2. The molecule has 0 radical (unpaired) electrons. The number of benzene rings is 1. The summed E-state index contributed by atoms with van der Waals surface area (Å²) in [7, 11) is 0. The minimum absolute atomic E-state index is 0.168. The third-order valence-corrected chi connectivity index (χ3v) is 2.04. The van der Waals surface area contributed by atoms with Gasteiger partial charge in [0, 0.05) is 6.07 Å². The molecule has 0 spiro atoms.